The highest BCUT2D eigenvalue weighted by molar-refractivity contribution is 14.1. The monoisotopic (exact) mass is 520 g/mol. The molecule has 0 aliphatic heterocycles. The highest BCUT2D eigenvalue weighted by Crippen LogP contribution is 2.24. The molecule has 0 saturated carbocycles. The lowest BCUT2D eigenvalue weighted by atomic mass is 10.3. The summed E-state index contributed by atoms with van der Waals surface area (Å²) in [5.74, 6) is -0.574. The predicted molar refractivity (Wildman–Crippen MR) is 120 cm³/mol. The van der Waals surface area contributed by atoms with E-state index in [2.05, 4.69) is 38.1 Å². The molecule has 0 saturated heterocycles. The fourth-order valence-corrected chi connectivity index (χ4v) is 4.23. The van der Waals surface area contributed by atoms with Gasteiger partial charge in [-0.1, -0.05) is 24.3 Å². The number of aromatic nitrogens is 1. The van der Waals surface area contributed by atoms with Crippen LogP contribution in [0.3, 0.4) is 0 Å². The lowest BCUT2D eigenvalue weighted by Crippen LogP contribution is -2.39. The number of carbonyl (C=O) groups is 1. The number of hydrogen-bond donors (Lipinski definition) is 1. The summed E-state index contributed by atoms with van der Waals surface area (Å²) in [6.07, 6.45) is 2.99. The van der Waals surface area contributed by atoms with Crippen molar-refractivity contribution in [1.29, 1.82) is 0 Å². The van der Waals surface area contributed by atoms with Crippen LogP contribution in [-0.2, 0) is 14.8 Å². The molecule has 1 amide bonds. The Bertz CT molecular complexity index is 1090. The van der Waals surface area contributed by atoms with Crippen LogP contribution in [0.5, 0.6) is 0 Å². The van der Waals surface area contributed by atoms with Gasteiger partial charge in [-0.25, -0.2) is 13.8 Å². The Labute approximate surface area is 182 Å². The van der Waals surface area contributed by atoms with E-state index in [1.165, 1.54) is 18.3 Å². The molecule has 0 atom stereocenters. The number of hydrazone groups is 1. The van der Waals surface area contributed by atoms with Gasteiger partial charge in [-0.15, -0.1) is 0 Å². The number of anilines is 1. The SMILES string of the molecule is O=C(CN(c1ccc(I)cc1)S(=O)(=O)c1ccccc1)N/N=C\c1ccccn1. The van der Waals surface area contributed by atoms with Crippen molar-refractivity contribution in [2.45, 2.75) is 4.90 Å². The van der Waals surface area contributed by atoms with Crippen LogP contribution < -0.4 is 9.73 Å². The molecule has 0 aliphatic rings. The van der Waals surface area contributed by atoms with Crippen LogP contribution in [0.4, 0.5) is 5.69 Å². The number of halogens is 1. The molecule has 0 unspecified atom stereocenters. The second-order valence-electron chi connectivity index (χ2n) is 5.85. The number of nitrogens with one attached hydrogen (secondary N) is 1. The normalized spacial score (nSPS) is 11.3. The molecule has 9 heteroatoms. The maximum atomic E-state index is 13.1. The fraction of sp³-hybridized carbons (Fsp3) is 0.0500. The van der Waals surface area contributed by atoms with E-state index < -0.39 is 22.5 Å². The summed E-state index contributed by atoms with van der Waals surface area (Å²) in [6.45, 7) is -0.419. The van der Waals surface area contributed by atoms with Crippen molar-refractivity contribution in [2.75, 3.05) is 10.8 Å². The molecule has 3 rings (SSSR count). The average molecular weight is 520 g/mol. The van der Waals surface area contributed by atoms with Gasteiger partial charge in [0, 0.05) is 9.77 Å². The van der Waals surface area contributed by atoms with Crippen LogP contribution in [0.15, 0.2) is 89.0 Å². The molecule has 7 nitrogen and oxygen atoms in total. The van der Waals surface area contributed by atoms with Crippen molar-refractivity contribution in [3.8, 4) is 0 Å². The van der Waals surface area contributed by atoms with Crippen LogP contribution in [0.2, 0.25) is 0 Å². The third-order valence-electron chi connectivity index (χ3n) is 3.81. The number of rotatable bonds is 7. The zero-order valence-electron chi connectivity index (χ0n) is 15.1. The molecular formula is C20H17IN4O3S. The van der Waals surface area contributed by atoms with E-state index >= 15 is 0 Å². The van der Waals surface area contributed by atoms with Crippen LogP contribution >= 0.6 is 22.6 Å². The van der Waals surface area contributed by atoms with E-state index in [-0.39, 0.29) is 4.90 Å². The number of carbonyl (C=O) groups excluding carboxylic acids is 1. The van der Waals surface area contributed by atoms with Crippen LogP contribution in [-0.4, -0.2) is 32.1 Å². The highest BCUT2D eigenvalue weighted by Gasteiger charge is 2.27. The van der Waals surface area contributed by atoms with Crippen molar-refractivity contribution >= 4 is 50.4 Å². The van der Waals surface area contributed by atoms with Crippen LogP contribution in [0, 0.1) is 3.57 Å². The molecule has 1 heterocycles. The van der Waals surface area contributed by atoms with Crippen LogP contribution in [0.1, 0.15) is 5.69 Å². The molecule has 148 valence electrons. The maximum absolute atomic E-state index is 13.1. The average Bonchev–Trinajstić information content (AvgIpc) is 2.74. The zero-order valence-corrected chi connectivity index (χ0v) is 18.1. The first-order valence-electron chi connectivity index (χ1n) is 8.53. The Balaban J connectivity index is 1.83. The van der Waals surface area contributed by atoms with Crippen molar-refractivity contribution < 1.29 is 13.2 Å². The summed E-state index contributed by atoms with van der Waals surface area (Å²) >= 11 is 2.13. The van der Waals surface area contributed by atoms with E-state index in [1.54, 1.807) is 66.9 Å². The molecule has 0 spiro atoms. The minimum atomic E-state index is -3.93. The molecule has 0 radical (unpaired) electrons. The summed E-state index contributed by atoms with van der Waals surface area (Å²) in [5.41, 5.74) is 3.31. The topological polar surface area (TPSA) is 91.7 Å². The molecule has 29 heavy (non-hydrogen) atoms. The van der Waals surface area contributed by atoms with E-state index in [0.29, 0.717) is 11.4 Å². The van der Waals surface area contributed by atoms with Crippen molar-refractivity contribution in [3.63, 3.8) is 0 Å². The van der Waals surface area contributed by atoms with Gasteiger partial charge in [0.1, 0.15) is 6.54 Å². The minimum Gasteiger partial charge on any atom is -0.271 e. The molecule has 0 aliphatic carbocycles. The quantitative estimate of drug-likeness (QED) is 0.295. The maximum Gasteiger partial charge on any atom is 0.264 e. The van der Waals surface area contributed by atoms with Gasteiger partial charge >= 0.3 is 0 Å². The summed E-state index contributed by atoms with van der Waals surface area (Å²) in [4.78, 5) is 16.6. The van der Waals surface area contributed by atoms with Gasteiger partial charge < -0.3 is 0 Å². The smallest absolute Gasteiger partial charge is 0.264 e. The first-order chi connectivity index (χ1) is 14.0. The van der Waals surface area contributed by atoms with E-state index in [4.69, 9.17) is 0 Å². The lowest BCUT2D eigenvalue weighted by molar-refractivity contribution is -0.119. The Hall–Kier alpha value is -2.79. The largest absolute Gasteiger partial charge is 0.271 e. The number of pyridine rings is 1. The lowest BCUT2D eigenvalue weighted by Gasteiger charge is -2.23. The number of sulfonamides is 1. The van der Waals surface area contributed by atoms with Gasteiger partial charge in [0.15, 0.2) is 0 Å². The highest BCUT2D eigenvalue weighted by atomic mass is 127. The molecule has 2 aromatic carbocycles. The summed E-state index contributed by atoms with van der Waals surface area (Å²) < 4.78 is 28.3. The summed E-state index contributed by atoms with van der Waals surface area (Å²) in [5, 5.41) is 3.85. The number of benzene rings is 2. The molecule has 1 N–H and O–H groups in total. The van der Waals surface area contributed by atoms with Gasteiger partial charge in [-0.2, -0.15) is 5.10 Å². The molecular weight excluding hydrogens is 503 g/mol. The second-order valence-corrected chi connectivity index (χ2v) is 8.96. The Morgan fingerprint density at radius 1 is 1.03 bits per heavy atom. The number of amides is 1. The van der Waals surface area contributed by atoms with Gasteiger partial charge in [0.05, 0.1) is 22.5 Å². The van der Waals surface area contributed by atoms with Crippen molar-refractivity contribution in [2.24, 2.45) is 5.10 Å². The summed E-state index contributed by atoms with van der Waals surface area (Å²) in [6, 6.07) is 20.1. The number of nitrogens with zero attached hydrogens (tertiary/aromatic N) is 3. The molecule has 1 aromatic heterocycles. The van der Waals surface area contributed by atoms with Gasteiger partial charge in [0.2, 0.25) is 0 Å². The minimum absolute atomic E-state index is 0.100. The second kappa shape index (κ2) is 9.61. The zero-order chi connectivity index (χ0) is 20.7. The Morgan fingerprint density at radius 2 is 1.72 bits per heavy atom. The van der Waals surface area contributed by atoms with Crippen molar-refractivity contribution in [1.82, 2.24) is 10.4 Å². The van der Waals surface area contributed by atoms with Crippen molar-refractivity contribution in [3.05, 3.63) is 88.3 Å². The van der Waals surface area contributed by atoms with E-state index in [9.17, 15) is 13.2 Å². The first kappa shape index (κ1) is 20.9. The Morgan fingerprint density at radius 3 is 2.38 bits per heavy atom. The third kappa shape index (κ3) is 5.61. The Kier molecular flexibility index (Phi) is 6.94. The van der Waals surface area contributed by atoms with Crippen LogP contribution in [0.25, 0.3) is 0 Å². The predicted octanol–water partition coefficient (Wildman–Crippen LogP) is 3.03. The third-order valence-corrected chi connectivity index (χ3v) is 6.31. The molecule has 0 fully saturated rings. The van der Waals surface area contributed by atoms with Gasteiger partial charge in [0.25, 0.3) is 15.9 Å². The molecule has 0 bridgehead atoms. The van der Waals surface area contributed by atoms with Gasteiger partial charge in [-0.05, 0) is 71.1 Å². The fourth-order valence-electron chi connectivity index (χ4n) is 2.43. The standard InChI is InChI=1S/C20H17IN4O3S/c21-16-9-11-18(12-10-16)25(29(27,28)19-7-2-1-3-8-19)15-20(26)24-23-14-17-6-4-5-13-22-17/h1-14H,15H2,(H,24,26)/b23-14-. The number of hydrogen-bond acceptors (Lipinski definition) is 5. The van der Waals surface area contributed by atoms with E-state index in [1.807, 2.05) is 0 Å². The molecule has 3 aromatic rings. The van der Waals surface area contributed by atoms with Gasteiger partial charge in [-0.3, -0.25) is 14.1 Å². The summed E-state index contributed by atoms with van der Waals surface area (Å²) in [7, 11) is -3.93. The van der Waals surface area contributed by atoms with E-state index in [0.717, 1.165) is 7.88 Å². The first-order valence-corrected chi connectivity index (χ1v) is 11.0.